The van der Waals surface area contributed by atoms with Crippen LogP contribution in [0.3, 0.4) is 0 Å². The van der Waals surface area contributed by atoms with E-state index >= 15 is 0 Å². The van der Waals surface area contributed by atoms with Gasteiger partial charge in [-0.3, -0.25) is 0 Å². The third-order valence-electron chi connectivity index (χ3n) is 0.232. The molecule has 1 N–H and O–H groups in total. The van der Waals surface area contributed by atoms with Gasteiger partial charge in [0.1, 0.15) is 0 Å². The molecule has 1 saturated heterocycles. The molecule has 1 nitrogen and oxygen atoms in total. The summed E-state index contributed by atoms with van der Waals surface area (Å²) < 4.78 is -0.722. The standard InChI is InChI=1S/CH2OS3.Mo/c2-1(3)4-5-1;/h2-3H;. The van der Waals surface area contributed by atoms with E-state index in [0.717, 1.165) is 0 Å². The Kier molecular flexibility index (Phi) is 2.97. The van der Waals surface area contributed by atoms with Crippen molar-refractivity contribution in [1.82, 2.24) is 0 Å². The molecule has 5 heteroatoms. The van der Waals surface area contributed by atoms with E-state index in [2.05, 4.69) is 12.6 Å². The minimum atomic E-state index is -0.722. The summed E-state index contributed by atoms with van der Waals surface area (Å²) in [4.78, 5) is 0. The Bertz CT molecular complexity index is 48.8. The maximum atomic E-state index is 8.42. The van der Waals surface area contributed by atoms with Crippen LogP contribution in [0.25, 0.3) is 0 Å². The fourth-order valence-electron chi connectivity index (χ4n) is 0.0373. The monoisotopic (exact) mass is 224 g/mol. The smallest absolute Gasteiger partial charge is 0.223 e. The van der Waals surface area contributed by atoms with Gasteiger partial charge in [0.15, 0.2) is 0 Å². The van der Waals surface area contributed by atoms with Gasteiger partial charge in [0.05, 0.1) is 0 Å². The molecule has 36 valence electrons. The molecule has 6 heavy (non-hydrogen) atoms. The second-order valence-electron chi connectivity index (χ2n) is 0.715. The van der Waals surface area contributed by atoms with Gasteiger partial charge in [0.25, 0.3) is 0 Å². The van der Waals surface area contributed by atoms with Crippen LogP contribution in [-0.2, 0) is 21.1 Å². The zero-order chi connectivity index (χ0) is 3.91. The van der Waals surface area contributed by atoms with Crippen molar-refractivity contribution in [3.05, 3.63) is 0 Å². The number of aliphatic hydroxyl groups is 1. The molecular formula is CH2MoOS3. The van der Waals surface area contributed by atoms with Crippen LogP contribution in [0.2, 0.25) is 0 Å². The fourth-order valence-corrected chi connectivity index (χ4v) is 0.671. The fraction of sp³-hybridized carbons (Fsp3) is 1.00. The predicted molar refractivity (Wildman–Crippen MR) is 29.1 cm³/mol. The predicted octanol–water partition coefficient (Wildman–Crippen LogP) is 0.912. The van der Waals surface area contributed by atoms with Gasteiger partial charge in [-0.05, 0) is 21.6 Å². The minimum absolute atomic E-state index is 0. The normalized spacial score (nSPS) is 25.0. The van der Waals surface area contributed by atoms with Crippen LogP contribution in [-0.4, -0.2) is 8.70 Å². The summed E-state index contributed by atoms with van der Waals surface area (Å²) in [5, 5.41) is 8.42. The van der Waals surface area contributed by atoms with Crippen LogP contribution < -0.4 is 0 Å². The Labute approximate surface area is 63.7 Å². The van der Waals surface area contributed by atoms with Gasteiger partial charge >= 0.3 is 0 Å². The average molecular weight is 222 g/mol. The Morgan fingerprint density at radius 1 is 1.50 bits per heavy atom. The Hall–Kier alpha value is 1.70. The van der Waals surface area contributed by atoms with E-state index in [1.807, 2.05) is 0 Å². The van der Waals surface area contributed by atoms with Gasteiger partial charge in [-0.2, -0.15) is 0 Å². The second kappa shape index (κ2) is 2.31. The van der Waals surface area contributed by atoms with Crippen LogP contribution in [0.15, 0.2) is 0 Å². The maximum absolute atomic E-state index is 8.42. The molecule has 0 aromatic rings. The van der Waals surface area contributed by atoms with Crippen molar-refractivity contribution in [1.29, 1.82) is 0 Å². The molecule has 0 aliphatic carbocycles. The van der Waals surface area contributed by atoms with Crippen molar-refractivity contribution >= 4 is 34.2 Å². The van der Waals surface area contributed by atoms with Gasteiger partial charge in [-0.1, -0.05) is 0 Å². The SMILES string of the molecule is OC1(S)SS1.[Mo]. The van der Waals surface area contributed by atoms with Crippen molar-refractivity contribution in [2.45, 2.75) is 3.60 Å². The largest absolute Gasteiger partial charge is 0.361 e. The summed E-state index contributed by atoms with van der Waals surface area (Å²) in [6, 6.07) is 0. The Morgan fingerprint density at radius 2 is 1.67 bits per heavy atom. The zero-order valence-corrected chi connectivity index (χ0v) is 7.15. The van der Waals surface area contributed by atoms with Gasteiger partial charge in [0.2, 0.25) is 3.60 Å². The molecule has 0 saturated carbocycles. The summed E-state index contributed by atoms with van der Waals surface area (Å²) in [7, 11) is 2.72. The summed E-state index contributed by atoms with van der Waals surface area (Å²) >= 11 is 3.72. The first kappa shape index (κ1) is 7.70. The molecule has 1 aliphatic rings. The van der Waals surface area contributed by atoms with Crippen molar-refractivity contribution in [2.24, 2.45) is 0 Å². The molecule has 0 aromatic carbocycles. The van der Waals surface area contributed by atoms with Gasteiger partial charge < -0.3 is 5.11 Å². The van der Waals surface area contributed by atoms with Crippen LogP contribution in [0.4, 0.5) is 0 Å². The molecule has 1 rings (SSSR count). The molecule has 1 aliphatic heterocycles. The van der Waals surface area contributed by atoms with E-state index in [0.29, 0.717) is 0 Å². The number of rotatable bonds is 0. The first-order chi connectivity index (χ1) is 2.21. The molecule has 0 spiro atoms. The molecular weight excluding hydrogens is 220 g/mol. The zero-order valence-electron chi connectivity index (χ0n) is 2.62. The molecule has 1 fully saturated rings. The summed E-state index contributed by atoms with van der Waals surface area (Å²) in [6.45, 7) is 0. The van der Waals surface area contributed by atoms with Crippen LogP contribution in [0.1, 0.15) is 0 Å². The number of thiol groups is 1. The molecule has 0 aromatic heterocycles. The quantitative estimate of drug-likeness (QED) is 0.209. The van der Waals surface area contributed by atoms with E-state index < -0.39 is 3.60 Å². The topological polar surface area (TPSA) is 20.2 Å². The summed E-state index contributed by atoms with van der Waals surface area (Å²) in [6.07, 6.45) is 0. The third-order valence-corrected chi connectivity index (χ3v) is 3.43. The van der Waals surface area contributed by atoms with Crippen molar-refractivity contribution in [2.75, 3.05) is 0 Å². The molecule has 0 atom stereocenters. The van der Waals surface area contributed by atoms with Gasteiger partial charge in [-0.15, -0.1) is 12.6 Å². The van der Waals surface area contributed by atoms with Crippen molar-refractivity contribution in [3.63, 3.8) is 0 Å². The minimum Gasteiger partial charge on any atom is -0.361 e. The van der Waals surface area contributed by atoms with Crippen LogP contribution >= 0.6 is 34.2 Å². The van der Waals surface area contributed by atoms with Gasteiger partial charge in [0, 0.05) is 21.1 Å². The van der Waals surface area contributed by atoms with Gasteiger partial charge in [-0.25, -0.2) is 0 Å². The molecule has 0 radical (unpaired) electrons. The van der Waals surface area contributed by atoms with Crippen LogP contribution in [0.5, 0.6) is 0 Å². The summed E-state index contributed by atoms with van der Waals surface area (Å²) in [5.41, 5.74) is 0. The number of hydrogen-bond donors (Lipinski definition) is 2. The molecule has 0 amide bonds. The van der Waals surface area contributed by atoms with Crippen molar-refractivity contribution < 1.29 is 26.2 Å². The molecule has 0 bridgehead atoms. The third kappa shape index (κ3) is 2.80. The Morgan fingerprint density at radius 3 is 1.67 bits per heavy atom. The van der Waals surface area contributed by atoms with E-state index in [9.17, 15) is 0 Å². The average Bonchev–Trinajstić information content (AvgIpc) is 1.76. The molecule has 0 unspecified atom stereocenters. The Balaban J connectivity index is 0.000000250. The molecule has 1 heterocycles. The maximum Gasteiger partial charge on any atom is 0.223 e. The van der Waals surface area contributed by atoms with Crippen molar-refractivity contribution in [3.8, 4) is 0 Å². The first-order valence-electron chi connectivity index (χ1n) is 1.02. The number of hydrogen-bond acceptors (Lipinski definition) is 4. The van der Waals surface area contributed by atoms with Crippen LogP contribution in [0, 0.1) is 0 Å². The van der Waals surface area contributed by atoms with E-state index in [1.54, 1.807) is 0 Å². The second-order valence-corrected chi connectivity index (χ2v) is 4.74. The first-order valence-corrected chi connectivity index (χ1v) is 3.62. The summed E-state index contributed by atoms with van der Waals surface area (Å²) in [5.74, 6) is 0. The van der Waals surface area contributed by atoms with E-state index in [4.69, 9.17) is 5.11 Å². The van der Waals surface area contributed by atoms with E-state index in [1.165, 1.54) is 21.6 Å². The van der Waals surface area contributed by atoms with E-state index in [-0.39, 0.29) is 21.1 Å².